The zero-order valence-electron chi connectivity index (χ0n) is 16.9. The predicted molar refractivity (Wildman–Crippen MR) is 101 cm³/mol. The molecule has 0 aromatic heterocycles. The van der Waals surface area contributed by atoms with Gasteiger partial charge in [0.25, 0.3) is 0 Å². The molecule has 0 amide bonds. The van der Waals surface area contributed by atoms with Gasteiger partial charge in [0.2, 0.25) is 0 Å². The van der Waals surface area contributed by atoms with Crippen molar-refractivity contribution < 1.29 is 37.0 Å². The molecule has 5 heteroatoms. The molecule has 0 aromatic rings. The minimum atomic E-state index is -1.05. The van der Waals surface area contributed by atoms with E-state index in [4.69, 9.17) is 15.3 Å². The van der Waals surface area contributed by atoms with Crippen molar-refractivity contribution in [1.82, 2.24) is 0 Å². The molecule has 0 radical (unpaired) electrons. The van der Waals surface area contributed by atoms with Crippen LogP contribution >= 0.6 is 0 Å². The van der Waals surface area contributed by atoms with Gasteiger partial charge in [0, 0.05) is 48.1 Å². The van der Waals surface area contributed by atoms with Crippen molar-refractivity contribution in [2.75, 3.05) is 0 Å². The Balaban J connectivity index is -0.000000118. The van der Waals surface area contributed by atoms with Gasteiger partial charge >= 0.3 is 0 Å². The second-order valence-electron chi connectivity index (χ2n) is 7.17. The molecule has 0 bridgehead atoms. The third-order valence-electron chi connectivity index (χ3n) is 1.83. The molecule has 0 unspecified atom stereocenters. The van der Waals surface area contributed by atoms with Gasteiger partial charge in [0.15, 0.2) is 0 Å². The molecule has 1 aliphatic rings. The largest absolute Gasteiger partial charge is 0.394 e. The zero-order chi connectivity index (χ0) is 18.5. The number of aliphatic hydroxyl groups excluding tert-OH is 3. The number of aliphatic hydroxyl groups is 3. The van der Waals surface area contributed by atoms with Gasteiger partial charge in [-0.15, -0.1) is 13.3 Å². The Morgan fingerprint density at radius 2 is 1.13 bits per heavy atom. The van der Waals surface area contributed by atoms with E-state index < -0.39 is 8.07 Å². The smallest absolute Gasteiger partial charge is 0.0483 e. The molecule has 1 rings (SSSR count). The second kappa shape index (κ2) is 17.1. The molecule has 138 valence electrons. The summed E-state index contributed by atoms with van der Waals surface area (Å²) in [5.41, 5.74) is 1.47. The fourth-order valence-electron chi connectivity index (χ4n) is 1.40. The molecule has 0 aromatic carbocycles. The Bertz CT molecular complexity index is 294. The van der Waals surface area contributed by atoms with Gasteiger partial charge in [-0.25, -0.2) is 10.8 Å². The first kappa shape index (κ1) is 31.1. The standard InChI is InChI=1S/C9H15Si.3C3H8O.Ti/c1-8-6-5-7-9(8)10(2,3)4;3*1-3(2)4;/h6H,5H2,1-4H3;3*3-4H,1-2H3;/q-1;;;;. The monoisotopic (exact) mass is 379 g/mol. The van der Waals surface area contributed by atoms with Crippen LogP contribution in [-0.2, 0) is 21.7 Å². The van der Waals surface area contributed by atoms with E-state index in [1.54, 1.807) is 41.5 Å². The van der Waals surface area contributed by atoms with E-state index >= 15 is 0 Å². The number of rotatable bonds is 1. The van der Waals surface area contributed by atoms with Crippen LogP contribution in [0.3, 0.4) is 0 Å². The van der Waals surface area contributed by atoms with Gasteiger partial charge < -0.3 is 15.3 Å². The van der Waals surface area contributed by atoms with Gasteiger partial charge in [-0.2, -0.15) is 6.08 Å². The summed E-state index contributed by atoms with van der Waals surface area (Å²) in [6, 6.07) is 0. The first-order valence-corrected chi connectivity index (χ1v) is 11.5. The van der Waals surface area contributed by atoms with Crippen molar-refractivity contribution in [3.05, 3.63) is 22.9 Å². The Hall–Kier alpha value is 0.291. The van der Waals surface area contributed by atoms with Crippen LogP contribution < -0.4 is 0 Å². The molecular weight excluding hydrogens is 340 g/mol. The van der Waals surface area contributed by atoms with Crippen LogP contribution in [0, 0.1) is 6.08 Å². The summed E-state index contributed by atoms with van der Waals surface area (Å²) in [5, 5.41) is 25.7. The summed E-state index contributed by atoms with van der Waals surface area (Å²) in [5.74, 6) is 0. The van der Waals surface area contributed by atoms with Crippen molar-refractivity contribution in [1.29, 1.82) is 0 Å². The Morgan fingerprint density at radius 3 is 1.22 bits per heavy atom. The number of hydrogen-bond acceptors (Lipinski definition) is 3. The maximum atomic E-state index is 8.06. The Kier molecular flexibility index (Phi) is 23.2. The van der Waals surface area contributed by atoms with Crippen LogP contribution in [0.1, 0.15) is 54.9 Å². The minimum Gasteiger partial charge on any atom is -0.394 e. The average Bonchev–Trinajstić information content (AvgIpc) is 2.60. The summed E-state index contributed by atoms with van der Waals surface area (Å²) in [7, 11) is -1.05. The van der Waals surface area contributed by atoms with E-state index in [2.05, 4.69) is 38.7 Å². The zero-order valence-corrected chi connectivity index (χ0v) is 19.4. The Morgan fingerprint density at radius 1 is 0.870 bits per heavy atom. The summed E-state index contributed by atoms with van der Waals surface area (Å²) < 4.78 is 0. The fourth-order valence-corrected chi connectivity index (χ4v) is 3.32. The third-order valence-corrected chi connectivity index (χ3v) is 3.90. The molecular formula is C18H39O3SiTi-. The molecule has 0 atom stereocenters. The quantitative estimate of drug-likeness (QED) is 0.475. The third kappa shape index (κ3) is 34.6. The van der Waals surface area contributed by atoms with Crippen LogP contribution in [0.4, 0.5) is 0 Å². The van der Waals surface area contributed by atoms with Gasteiger partial charge in [0.1, 0.15) is 0 Å². The molecule has 23 heavy (non-hydrogen) atoms. The van der Waals surface area contributed by atoms with E-state index in [9.17, 15) is 0 Å². The second-order valence-corrected chi connectivity index (χ2v) is 12.2. The molecule has 0 aliphatic heterocycles. The van der Waals surface area contributed by atoms with Crippen molar-refractivity contribution >= 4 is 8.07 Å². The SMILES string of the molecule is CC(C)O.CC(C)O.CC(C)O.CC1=CC[C-]=C1[Si](C)(C)C.[Ti]. The van der Waals surface area contributed by atoms with Gasteiger partial charge in [-0.3, -0.25) is 6.08 Å². The number of hydrogen-bond donors (Lipinski definition) is 3. The summed E-state index contributed by atoms with van der Waals surface area (Å²) in [4.78, 5) is 0. The van der Waals surface area contributed by atoms with Gasteiger partial charge in [-0.05, 0) is 41.5 Å². The fraction of sp³-hybridized carbons (Fsp3) is 0.778. The van der Waals surface area contributed by atoms with Crippen LogP contribution in [0.2, 0.25) is 19.6 Å². The van der Waals surface area contributed by atoms with E-state index in [0.29, 0.717) is 0 Å². The topological polar surface area (TPSA) is 60.7 Å². The van der Waals surface area contributed by atoms with Crippen molar-refractivity contribution in [3.8, 4) is 0 Å². The van der Waals surface area contributed by atoms with E-state index in [-0.39, 0.29) is 40.0 Å². The molecule has 3 nitrogen and oxygen atoms in total. The van der Waals surface area contributed by atoms with Crippen LogP contribution in [0.5, 0.6) is 0 Å². The van der Waals surface area contributed by atoms with Crippen molar-refractivity contribution in [3.63, 3.8) is 0 Å². The predicted octanol–water partition coefficient (Wildman–Crippen LogP) is 4.10. The average molecular weight is 379 g/mol. The minimum absolute atomic E-state index is 0. The van der Waals surface area contributed by atoms with E-state index in [1.165, 1.54) is 10.8 Å². The van der Waals surface area contributed by atoms with Gasteiger partial charge in [-0.1, -0.05) is 19.6 Å². The van der Waals surface area contributed by atoms with Crippen LogP contribution in [0.25, 0.3) is 0 Å². The van der Waals surface area contributed by atoms with Gasteiger partial charge in [0.05, 0.1) is 0 Å². The maximum Gasteiger partial charge on any atom is 0.0483 e. The normalized spacial score (nSPS) is 12.9. The van der Waals surface area contributed by atoms with E-state index in [1.807, 2.05) is 0 Å². The molecule has 0 fully saturated rings. The van der Waals surface area contributed by atoms with E-state index in [0.717, 1.165) is 6.42 Å². The first-order valence-electron chi connectivity index (χ1n) is 8.04. The maximum absolute atomic E-state index is 8.06. The molecule has 3 N–H and O–H groups in total. The Labute approximate surface area is 160 Å². The molecule has 0 saturated carbocycles. The van der Waals surface area contributed by atoms with Crippen molar-refractivity contribution in [2.24, 2.45) is 0 Å². The molecule has 0 heterocycles. The van der Waals surface area contributed by atoms with Crippen LogP contribution in [-0.4, -0.2) is 41.7 Å². The first-order chi connectivity index (χ1) is 9.71. The van der Waals surface area contributed by atoms with Crippen molar-refractivity contribution in [2.45, 2.75) is 92.8 Å². The summed E-state index contributed by atoms with van der Waals surface area (Å²) in [6.07, 6.45) is 6.25. The number of allylic oxidation sites excluding steroid dienone is 4. The molecule has 1 aliphatic carbocycles. The summed E-state index contributed by atoms with van der Waals surface area (Å²) >= 11 is 0. The summed E-state index contributed by atoms with van der Waals surface area (Å²) in [6.45, 7) is 19.7. The van der Waals surface area contributed by atoms with Crippen LogP contribution in [0.15, 0.2) is 16.8 Å². The molecule has 0 saturated heterocycles. The molecule has 0 spiro atoms.